The summed E-state index contributed by atoms with van der Waals surface area (Å²) >= 11 is -2.66. The van der Waals surface area contributed by atoms with Crippen LogP contribution in [0.25, 0.3) is 0 Å². The van der Waals surface area contributed by atoms with Crippen LogP contribution in [0.15, 0.2) is 64.4 Å². The third kappa shape index (κ3) is 7.17. The molecule has 1 atom stereocenters. The van der Waals surface area contributed by atoms with Crippen LogP contribution < -0.4 is 0 Å². The van der Waals surface area contributed by atoms with E-state index in [9.17, 15) is 16.8 Å². The van der Waals surface area contributed by atoms with Crippen molar-refractivity contribution in [3.63, 3.8) is 0 Å². The van der Waals surface area contributed by atoms with Crippen LogP contribution >= 0.6 is 0 Å². The fraction of sp³-hybridized carbons (Fsp3) is 0.478. The van der Waals surface area contributed by atoms with Gasteiger partial charge < -0.3 is 0 Å². The van der Waals surface area contributed by atoms with Gasteiger partial charge in [-0.1, -0.05) is 0 Å². The van der Waals surface area contributed by atoms with Gasteiger partial charge in [-0.3, -0.25) is 0 Å². The molecule has 0 fully saturated rings. The Morgan fingerprint density at radius 2 is 1.42 bits per heavy atom. The van der Waals surface area contributed by atoms with Gasteiger partial charge in [0.1, 0.15) is 0 Å². The van der Waals surface area contributed by atoms with Crippen molar-refractivity contribution in [2.24, 2.45) is 5.41 Å². The van der Waals surface area contributed by atoms with Crippen LogP contribution in [-0.2, 0) is 24.1 Å². The Morgan fingerprint density at radius 3 is 1.94 bits per heavy atom. The van der Waals surface area contributed by atoms with Crippen LogP contribution in [-0.4, -0.2) is 40.8 Å². The Bertz CT molecular complexity index is 1070. The van der Waals surface area contributed by atoms with E-state index in [-0.39, 0.29) is 11.5 Å². The van der Waals surface area contributed by atoms with Gasteiger partial charge in [0.2, 0.25) is 0 Å². The van der Waals surface area contributed by atoms with E-state index in [4.69, 9.17) is 4.18 Å². The van der Waals surface area contributed by atoms with Crippen molar-refractivity contribution < 1.29 is 21.0 Å². The summed E-state index contributed by atoms with van der Waals surface area (Å²) in [5.41, 5.74) is 0.576. The maximum absolute atomic E-state index is 13.4. The molecule has 0 heterocycles. The zero-order valence-electron chi connectivity index (χ0n) is 19.3. The van der Waals surface area contributed by atoms with Crippen LogP contribution in [0, 0.1) is 12.3 Å². The summed E-state index contributed by atoms with van der Waals surface area (Å²) in [5, 5.41) is 0. The van der Waals surface area contributed by atoms with Gasteiger partial charge in [-0.25, -0.2) is 0 Å². The molecule has 2 rings (SSSR count). The summed E-state index contributed by atoms with van der Waals surface area (Å²) in [5.74, 6) is 6.33. The predicted octanol–water partition coefficient (Wildman–Crippen LogP) is 5.23. The van der Waals surface area contributed by atoms with E-state index in [0.29, 0.717) is 17.7 Å². The summed E-state index contributed by atoms with van der Waals surface area (Å²) in [4.78, 5) is 0.486. The second-order valence-corrected chi connectivity index (χ2v) is 25.9. The molecule has 0 aliphatic carbocycles. The molecule has 0 aliphatic rings. The molecule has 0 radical (unpaired) electrons. The van der Waals surface area contributed by atoms with Gasteiger partial charge in [-0.2, -0.15) is 0 Å². The van der Waals surface area contributed by atoms with Crippen molar-refractivity contribution in [2.45, 2.75) is 64.8 Å². The molecular weight excluding hydrogens is 493 g/mol. The third-order valence-corrected chi connectivity index (χ3v) is 18.8. The minimum atomic E-state index is -3.83. The first-order valence-electron chi connectivity index (χ1n) is 10.4. The number of hydrogen-bond acceptors (Lipinski definition) is 5. The minimum absolute atomic E-state index is 0.0124. The van der Waals surface area contributed by atoms with Crippen LogP contribution in [0.5, 0.6) is 0 Å². The molecule has 8 heteroatoms. The first kappa shape index (κ1) is 26.1. The number of aryl methyl sites for hydroxylation is 1. The molecule has 31 heavy (non-hydrogen) atoms. The Balaban J connectivity index is 2.13. The molecular formula is C23H34GeO5S2. The Labute approximate surface area is 190 Å². The number of benzene rings is 2. The molecule has 0 aliphatic heterocycles. The first-order chi connectivity index (χ1) is 14.2. The number of rotatable bonds is 10. The van der Waals surface area contributed by atoms with Gasteiger partial charge in [0.25, 0.3) is 0 Å². The molecule has 5 nitrogen and oxygen atoms in total. The molecule has 0 aromatic heterocycles. The fourth-order valence-corrected chi connectivity index (χ4v) is 16.0. The molecule has 0 amide bonds. The standard InChI is InChI=1S/C23H34GeO5S2/c1-19-12-14-21(15-13-19)31(27,28)29-17-16-23(2,3)18-22(24(4,5)6)30(25,26)20-10-8-7-9-11-20/h7-15,22H,16-18H2,1-6H3. The zero-order valence-corrected chi connectivity index (χ0v) is 23.0. The van der Waals surface area contributed by atoms with Crippen molar-refractivity contribution in [3.8, 4) is 0 Å². The second kappa shape index (κ2) is 9.77. The normalized spacial score (nSPS) is 14.4. The Hall–Kier alpha value is -1.16. The van der Waals surface area contributed by atoms with Gasteiger partial charge >= 0.3 is 191 Å². The van der Waals surface area contributed by atoms with Gasteiger partial charge in [-0.15, -0.1) is 0 Å². The molecule has 0 bridgehead atoms. The van der Waals surface area contributed by atoms with Crippen molar-refractivity contribution >= 4 is 33.2 Å². The van der Waals surface area contributed by atoms with Crippen molar-refractivity contribution in [1.29, 1.82) is 0 Å². The fourth-order valence-electron chi connectivity index (χ4n) is 3.46. The maximum atomic E-state index is 13.4. The van der Waals surface area contributed by atoms with E-state index in [1.54, 1.807) is 36.4 Å². The van der Waals surface area contributed by atoms with Crippen LogP contribution in [0.1, 0.15) is 32.3 Å². The van der Waals surface area contributed by atoms with E-state index in [1.807, 2.05) is 26.8 Å². The van der Waals surface area contributed by atoms with E-state index in [0.717, 1.165) is 5.56 Å². The summed E-state index contributed by atoms with van der Waals surface area (Å²) in [7, 11) is -7.30. The summed E-state index contributed by atoms with van der Waals surface area (Å²) in [6.07, 6.45) is 0.916. The topological polar surface area (TPSA) is 77.5 Å². The Morgan fingerprint density at radius 1 is 0.871 bits per heavy atom. The quantitative estimate of drug-likeness (QED) is 0.313. The summed E-state index contributed by atoms with van der Waals surface area (Å²) < 4.78 is 56.6. The third-order valence-electron chi connectivity index (χ3n) is 5.48. The Kier molecular flexibility index (Phi) is 8.22. The van der Waals surface area contributed by atoms with Crippen LogP contribution in [0.3, 0.4) is 0 Å². The van der Waals surface area contributed by atoms with Crippen molar-refractivity contribution in [1.82, 2.24) is 0 Å². The molecule has 0 N–H and O–H groups in total. The van der Waals surface area contributed by atoms with Gasteiger partial charge in [-0.05, 0) is 0 Å². The van der Waals surface area contributed by atoms with Crippen molar-refractivity contribution in [3.05, 3.63) is 60.2 Å². The van der Waals surface area contributed by atoms with E-state index in [2.05, 4.69) is 17.3 Å². The van der Waals surface area contributed by atoms with Gasteiger partial charge in [0.15, 0.2) is 0 Å². The van der Waals surface area contributed by atoms with Crippen LogP contribution in [0.4, 0.5) is 0 Å². The van der Waals surface area contributed by atoms with Gasteiger partial charge in [0, 0.05) is 0 Å². The molecule has 172 valence electrons. The van der Waals surface area contributed by atoms with E-state index >= 15 is 0 Å². The zero-order chi connectivity index (χ0) is 23.5. The van der Waals surface area contributed by atoms with Crippen molar-refractivity contribution in [2.75, 3.05) is 6.61 Å². The first-order valence-corrected chi connectivity index (χ1v) is 20.9. The van der Waals surface area contributed by atoms with E-state index < -0.39 is 42.7 Å². The average Bonchev–Trinajstić information content (AvgIpc) is 2.66. The monoisotopic (exact) mass is 528 g/mol. The molecule has 1 unspecified atom stereocenters. The molecule has 2 aromatic carbocycles. The molecule has 0 saturated carbocycles. The molecule has 0 saturated heterocycles. The predicted molar refractivity (Wildman–Crippen MR) is 128 cm³/mol. The van der Waals surface area contributed by atoms with Crippen LogP contribution in [0.2, 0.25) is 17.3 Å². The summed E-state index contributed by atoms with van der Waals surface area (Å²) in [6.45, 7) is 5.87. The number of sulfone groups is 1. The SMILES string of the molecule is Cc1ccc(S(=O)(=O)OCCC(C)(C)C[CH](S(=O)(=O)c2ccccc2)[Ge]([CH3])([CH3])[CH3])cc1. The average molecular weight is 527 g/mol. The number of hydrogen-bond donors (Lipinski definition) is 0. The molecule has 0 spiro atoms. The van der Waals surface area contributed by atoms with Gasteiger partial charge in [0.05, 0.1) is 0 Å². The second-order valence-electron chi connectivity index (χ2n) is 9.92. The van der Waals surface area contributed by atoms with E-state index in [1.165, 1.54) is 12.1 Å². The summed E-state index contributed by atoms with van der Waals surface area (Å²) in [6, 6.07) is 15.1. The molecule has 2 aromatic rings.